The summed E-state index contributed by atoms with van der Waals surface area (Å²) in [6, 6.07) is 6.98. The molecule has 23 heavy (non-hydrogen) atoms. The molecule has 0 atom stereocenters. The fraction of sp³-hybridized carbons (Fsp3) is 0.188. The minimum atomic E-state index is -0.131. The minimum absolute atomic E-state index is 0.131. The van der Waals surface area contributed by atoms with Crippen LogP contribution in [0, 0.1) is 6.92 Å². The van der Waals surface area contributed by atoms with Gasteiger partial charge in [-0.3, -0.25) is 9.36 Å². The lowest BCUT2D eigenvalue weighted by molar-refractivity contribution is 0.391. The normalized spacial score (nSPS) is 11.0. The van der Waals surface area contributed by atoms with Gasteiger partial charge < -0.3 is 4.52 Å². The lowest BCUT2D eigenvalue weighted by Gasteiger charge is -2.10. The van der Waals surface area contributed by atoms with Gasteiger partial charge in [0.15, 0.2) is 5.16 Å². The van der Waals surface area contributed by atoms with Gasteiger partial charge in [-0.25, -0.2) is 4.98 Å². The summed E-state index contributed by atoms with van der Waals surface area (Å²) in [6.07, 6.45) is 1.67. The maximum atomic E-state index is 12.7. The van der Waals surface area contributed by atoms with Crippen LogP contribution in [0.1, 0.15) is 11.5 Å². The second-order valence-electron chi connectivity index (χ2n) is 4.98. The molecule has 0 N–H and O–H groups in total. The van der Waals surface area contributed by atoms with Crippen molar-refractivity contribution in [1.82, 2.24) is 14.7 Å². The number of hydrogen-bond acceptors (Lipinski definition) is 5. The number of allylic oxidation sites excluding steroid dienone is 1. The summed E-state index contributed by atoms with van der Waals surface area (Å²) < 4.78 is 6.78. The molecular formula is C16H14ClN3O2S. The minimum Gasteiger partial charge on any atom is -0.360 e. The van der Waals surface area contributed by atoms with Crippen LogP contribution >= 0.6 is 23.4 Å². The molecule has 0 fully saturated rings. The van der Waals surface area contributed by atoms with Gasteiger partial charge in [0.1, 0.15) is 5.76 Å². The number of halogens is 1. The van der Waals surface area contributed by atoms with E-state index in [4.69, 9.17) is 16.1 Å². The maximum Gasteiger partial charge on any atom is 0.262 e. The smallest absolute Gasteiger partial charge is 0.262 e. The van der Waals surface area contributed by atoms with Crippen LogP contribution in [0.3, 0.4) is 0 Å². The van der Waals surface area contributed by atoms with Crippen LogP contribution in [-0.4, -0.2) is 14.7 Å². The number of aromatic nitrogens is 3. The zero-order valence-corrected chi connectivity index (χ0v) is 14.0. The zero-order chi connectivity index (χ0) is 16.4. The first kappa shape index (κ1) is 15.8. The van der Waals surface area contributed by atoms with E-state index in [1.807, 2.05) is 13.0 Å². The van der Waals surface area contributed by atoms with Crippen molar-refractivity contribution < 1.29 is 4.52 Å². The van der Waals surface area contributed by atoms with Crippen LogP contribution in [0.25, 0.3) is 10.9 Å². The summed E-state index contributed by atoms with van der Waals surface area (Å²) in [5.74, 6) is 1.28. The second-order valence-corrected chi connectivity index (χ2v) is 6.36. The molecule has 3 rings (SSSR count). The number of aryl methyl sites for hydroxylation is 1. The van der Waals surface area contributed by atoms with Gasteiger partial charge in [-0.05, 0) is 25.1 Å². The van der Waals surface area contributed by atoms with Crippen LogP contribution in [-0.2, 0) is 12.3 Å². The molecule has 5 nitrogen and oxygen atoms in total. The number of thioether (sulfide) groups is 1. The van der Waals surface area contributed by atoms with Crippen LogP contribution < -0.4 is 5.56 Å². The third-order valence-electron chi connectivity index (χ3n) is 3.21. The summed E-state index contributed by atoms with van der Waals surface area (Å²) in [4.78, 5) is 17.2. The van der Waals surface area contributed by atoms with Gasteiger partial charge in [0, 0.05) is 17.6 Å². The molecule has 0 saturated heterocycles. The Hall–Kier alpha value is -2.05. The van der Waals surface area contributed by atoms with Crippen LogP contribution in [0.15, 0.2) is 51.4 Å². The van der Waals surface area contributed by atoms with E-state index in [0.717, 1.165) is 11.5 Å². The van der Waals surface area contributed by atoms with Gasteiger partial charge in [-0.15, -0.1) is 6.58 Å². The van der Waals surface area contributed by atoms with E-state index in [1.54, 1.807) is 28.8 Å². The van der Waals surface area contributed by atoms with Crippen molar-refractivity contribution >= 4 is 34.3 Å². The molecule has 0 aliphatic carbocycles. The molecule has 0 spiro atoms. The lowest BCUT2D eigenvalue weighted by Crippen LogP contribution is -2.22. The molecule has 0 saturated carbocycles. The van der Waals surface area contributed by atoms with Gasteiger partial charge in [-0.2, -0.15) is 0 Å². The molecule has 118 valence electrons. The first-order valence-corrected chi connectivity index (χ1v) is 8.31. The van der Waals surface area contributed by atoms with Crippen molar-refractivity contribution in [2.75, 3.05) is 0 Å². The van der Waals surface area contributed by atoms with Crippen LogP contribution in [0.5, 0.6) is 0 Å². The average Bonchev–Trinajstić information content (AvgIpc) is 2.95. The maximum absolute atomic E-state index is 12.7. The molecule has 3 aromatic rings. The van der Waals surface area contributed by atoms with E-state index in [-0.39, 0.29) is 5.56 Å². The Morgan fingerprint density at radius 1 is 1.43 bits per heavy atom. The van der Waals surface area contributed by atoms with E-state index >= 15 is 0 Å². The lowest BCUT2D eigenvalue weighted by atomic mass is 10.2. The SMILES string of the molecule is C=CCn1c(SCc2cc(C)no2)nc2ccc(Cl)cc2c1=O. The highest BCUT2D eigenvalue weighted by atomic mass is 35.5. The Bertz CT molecular complexity index is 933. The molecule has 0 bridgehead atoms. The number of hydrogen-bond donors (Lipinski definition) is 0. The van der Waals surface area contributed by atoms with Gasteiger partial charge in [0.05, 0.1) is 22.3 Å². The van der Waals surface area contributed by atoms with Crippen molar-refractivity contribution in [3.8, 4) is 0 Å². The number of benzene rings is 1. The van der Waals surface area contributed by atoms with Crippen molar-refractivity contribution in [3.05, 3.63) is 63.8 Å². The van der Waals surface area contributed by atoms with Crippen LogP contribution in [0.4, 0.5) is 0 Å². The predicted octanol–water partition coefficient (Wildman–Crippen LogP) is 3.82. The van der Waals surface area contributed by atoms with Crippen molar-refractivity contribution in [2.45, 2.75) is 24.4 Å². The van der Waals surface area contributed by atoms with E-state index in [0.29, 0.717) is 33.4 Å². The fourth-order valence-electron chi connectivity index (χ4n) is 2.19. The molecule has 2 heterocycles. The van der Waals surface area contributed by atoms with Gasteiger partial charge in [0.25, 0.3) is 5.56 Å². The highest BCUT2D eigenvalue weighted by molar-refractivity contribution is 7.98. The Morgan fingerprint density at radius 3 is 2.96 bits per heavy atom. The molecule has 7 heteroatoms. The number of rotatable bonds is 5. The number of fused-ring (bicyclic) bond motifs is 1. The molecule has 1 aromatic carbocycles. The monoisotopic (exact) mass is 347 g/mol. The summed E-state index contributed by atoms with van der Waals surface area (Å²) in [5, 5.41) is 5.48. The van der Waals surface area contributed by atoms with Gasteiger partial charge in [0.2, 0.25) is 0 Å². The average molecular weight is 348 g/mol. The first-order valence-electron chi connectivity index (χ1n) is 6.94. The Morgan fingerprint density at radius 2 is 2.26 bits per heavy atom. The van der Waals surface area contributed by atoms with Crippen molar-refractivity contribution in [1.29, 1.82) is 0 Å². The third kappa shape index (κ3) is 3.33. The third-order valence-corrected chi connectivity index (χ3v) is 4.45. The van der Waals surface area contributed by atoms with E-state index in [9.17, 15) is 4.79 Å². The second kappa shape index (κ2) is 6.60. The molecule has 0 amide bonds. The van der Waals surface area contributed by atoms with Gasteiger partial charge in [-0.1, -0.05) is 34.6 Å². The molecule has 0 aliphatic heterocycles. The molecule has 0 radical (unpaired) electrons. The zero-order valence-electron chi connectivity index (χ0n) is 12.5. The first-order chi connectivity index (χ1) is 11.1. The quantitative estimate of drug-likeness (QED) is 0.399. The van der Waals surface area contributed by atoms with E-state index in [2.05, 4.69) is 16.7 Å². The summed E-state index contributed by atoms with van der Waals surface area (Å²) in [7, 11) is 0. The summed E-state index contributed by atoms with van der Waals surface area (Å²) >= 11 is 7.41. The molecular weight excluding hydrogens is 334 g/mol. The highest BCUT2D eigenvalue weighted by Crippen LogP contribution is 2.23. The summed E-state index contributed by atoms with van der Waals surface area (Å²) in [5.41, 5.74) is 1.31. The Kier molecular flexibility index (Phi) is 4.54. The number of nitrogens with zero attached hydrogens (tertiary/aromatic N) is 3. The molecule has 0 unspecified atom stereocenters. The van der Waals surface area contributed by atoms with Crippen molar-refractivity contribution in [2.24, 2.45) is 0 Å². The predicted molar refractivity (Wildman–Crippen MR) is 92.0 cm³/mol. The van der Waals surface area contributed by atoms with E-state index in [1.165, 1.54) is 11.8 Å². The van der Waals surface area contributed by atoms with Gasteiger partial charge >= 0.3 is 0 Å². The molecule has 0 aliphatic rings. The fourth-order valence-corrected chi connectivity index (χ4v) is 3.25. The molecule has 2 aromatic heterocycles. The summed E-state index contributed by atoms with van der Waals surface area (Å²) in [6.45, 7) is 5.95. The van der Waals surface area contributed by atoms with Crippen LogP contribution in [0.2, 0.25) is 5.02 Å². The Balaban J connectivity index is 2.03. The van der Waals surface area contributed by atoms with Crippen molar-refractivity contribution in [3.63, 3.8) is 0 Å². The van der Waals surface area contributed by atoms with E-state index < -0.39 is 0 Å². The largest absolute Gasteiger partial charge is 0.360 e. The standard InChI is InChI=1S/C16H14ClN3O2S/c1-3-6-20-15(21)13-8-11(17)4-5-14(13)18-16(20)23-9-12-7-10(2)19-22-12/h3-5,7-8H,1,6,9H2,2H3. The Labute approximate surface area is 142 Å². The highest BCUT2D eigenvalue weighted by Gasteiger charge is 2.12. The topological polar surface area (TPSA) is 60.9 Å².